The number of carbonyl (C=O) groups is 1. The number of pyridine rings is 1. The zero-order chi connectivity index (χ0) is 24.6. The van der Waals surface area contributed by atoms with Crippen LogP contribution in [0.3, 0.4) is 0 Å². The first-order valence-corrected chi connectivity index (χ1v) is 12.2. The summed E-state index contributed by atoms with van der Waals surface area (Å²) in [5.41, 5.74) is 4.78. The zero-order valence-electron chi connectivity index (χ0n) is 18.6. The fourth-order valence-electron chi connectivity index (χ4n) is 4.16. The maximum absolute atomic E-state index is 13.5. The van der Waals surface area contributed by atoms with E-state index >= 15 is 0 Å². The van der Waals surface area contributed by atoms with Crippen LogP contribution < -0.4 is 10.2 Å². The summed E-state index contributed by atoms with van der Waals surface area (Å²) in [6, 6.07) is 17.5. The van der Waals surface area contributed by atoms with Crippen LogP contribution >= 0.6 is 0 Å². The number of H-pyrrole nitrogens is 1. The molecule has 1 aliphatic rings. The molecule has 10 nitrogen and oxygen atoms in total. The average Bonchev–Trinajstić information content (AvgIpc) is 3.23. The molecule has 0 saturated heterocycles. The van der Waals surface area contributed by atoms with Gasteiger partial charge in [0.25, 0.3) is 0 Å². The van der Waals surface area contributed by atoms with Crippen LogP contribution in [0.2, 0.25) is 0 Å². The fraction of sp³-hybridized carbons (Fsp3) is 0.167. The molecule has 180 valence electrons. The summed E-state index contributed by atoms with van der Waals surface area (Å²) in [4.78, 5) is 19.1. The van der Waals surface area contributed by atoms with E-state index in [1.807, 2.05) is 37.3 Å². The number of hydrogen-bond donors (Lipinski definition) is 3. The highest BCUT2D eigenvalue weighted by molar-refractivity contribution is 7.89. The van der Waals surface area contributed by atoms with Crippen molar-refractivity contribution in [2.24, 2.45) is 0 Å². The number of aromatic nitrogens is 2. The number of amides is 1. The third kappa shape index (κ3) is 4.44. The SMILES string of the molecule is Cc1cc2cc(Oc3ccc(S(=O)(=O)N4CCc5ccccc5C4OC(=O)NO)cn3)ccc2[nH]1. The predicted octanol–water partition coefficient (Wildman–Crippen LogP) is 4.02. The van der Waals surface area contributed by atoms with Crippen LogP contribution in [-0.4, -0.2) is 40.5 Å². The maximum atomic E-state index is 13.5. The van der Waals surface area contributed by atoms with E-state index in [0.29, 0.717) is 17.7 Å². The highest BCUT2D eigenvalue weighted by atomic mass is 32.2. The molecule has 2 aromatic heterocycles. The lowest BCUT2D eigenvalue weighted by Gasteiger charge is -2.35. The number of sulfonamides is 1. The molecule has 0 aliphatic carbocycles. The van der Waals surface area contributed by atoms with Crippen molar-refractivity contribution in [1.82, 2.24) is 19.8 Å². The predicted molar refractivity (Wildman–Crippen MR) is 126 cm³/mol. The van der Waals surface area contributed by atoms with Crippen LogP contribution in [-0.2, 0) is 21.2 Å². The number of nitrogens with one attached hydrogen (secondary N) is 2. The third-order valence-electron chi connectivity index (χ3n) is 5.76. The summed E-state index contributed by atoms with van der Waals surface area (Å²) < 4.78 is 39.0. The molecule has 11 heteroatoms. The summed E-state index contributed by atoms with van der Waals surface area (Å²) in [6.45, 7) is 2.05. The fourth-order valence-corrected chi connectivity index (χ4v) is 5.59. The van der Waals surface area contributed by atoms with Crippen LogP contribution in [0, 0.1) is 6.92 Å². The Morgan fingerprint density at radius 1 is 1.17 bits per heavy atom. The van der Waals surface area contributed by atoms with E-state index in [-0.39, 0.29) is 17.3 Å². The Morgan fingerprint density at radius 3 is 2.77 bits per heavy atom. The van der Waals surface area contributed by atoms with Gasteiger partial charge >= 0.3 is 6.09 Å². The average molecular weight is 495 g/mol. The first-order chi connectivity index (χ1) is 16.8. The molecule has 0 bridgehead atoms. The number of hydroxylamine groups is 1. The van der Waals surface area contributed by atoms with Gasteiger partial charge in [0.05, 0.1) is 6.20 Å². The van der Waals surface area contributed by atoms with Crippen LogP contribution in [0.15, 0.2) is 71.8 Å². The Labute approximate surface area is 201 Å². The molecule has 1 aliphatic heterocycles. The first kappa shape index (κ1) is 22.8. The van der Waals surface area contributed by atoms with Crippen molar-refractivity contribution in [3.63, 3.8) is 0 Å². The van der Waals surface area contributed by atoms with E-state index in [2.05, 4.69) is 9.97 Å². The minimum Gasteiger partial charge on any atom is -0.439 e. The Balaban J connectivity index is 1.40. The Hall–Kier alpha value is -3.93. The monoisotopic (exact) mass is 494 g/mol. The molecule has 0 spiro atoms. The second kappa shape index (κ2) is 9.02. The highest BCUT2D eigenvalue weighted by Crippen LogP contribution is 2.35. The molecule has 1 unspecified atom stereocenters. The standard InChI is InChI=1S/C24H22N4O6S/c1-15-12-17-13-18(6-8-21(17)26-15)33-22-9-7-19(14-25-22)35(31,32)28-11-10-16-4-2-3-5-20(16)23(28)34-24(29)27-30/h2-9,12-14,23,26,30H,10-11H2,1H3,(H,27,29). The summed E-state index contributed by atoms with van der Waals surface area (Å²) >= 11 is 0. The van der Waals surface area contributed by atoms with Crippen molar-refractivity contribution >= 4 is 27.0 Å². The topological polar surface area (TPSA) is 134 Å². The second-order valence-corrected chi connectivity index (χ2v) is 9.96. The molecule has 1 amide bonds. The third-order valence-corrected chi connectivity index (χ3v) is 7.59. The summed E-state index contributed by atoms with van der Waals surface area (Å²) in [6.07, 6.45) is -0.771. The largest absolute Gasteiger partial charge is 0.439 e. The van der Waals surface area contributed by atoms with E-state index in [1.165, 1.54) is 23.8 Å². The van der Waals surface area contributed by atoms with Gasteiger partial charge in [0.2, 0.25) is 15.9 Å². The molecule has 3 N–H and O–H groups in total. The number of fused-ring (bicyclic) bond motifs is 2. The number of benzene rings is 2. The van der Waals surface area contributed by atoms with Gasteiger partial charge in [-0.2, -0.15) is 4.31 Å². The quantitative estimate of drug-likeness (QED) is 0.282. The van der Waals surface area contributed by atoms with Crippen LogP contribution in [0.5, 0.6) is 11.6 Å². The van der Waals surface area contributed by atoms with Crippen LogP contribution in [0.25, 0.3) is 10.9 Å². The minimum absolute atomic E-state index is 0.0804. The van der Waals surface area contributed by atoms with E-state index in [4.69, 9.17) is 14.7 Å². The molecule has 35 heavy (non-hydrogen) atoms. The maximum Gasteiger partial charge on any atom is 0.432 e. The molecule has 0 fully saturated rings. The van der Waals surface area contributed by atoms with E-state index in [0.717, 1.165) is 26.5 Å². The van der Waals surface area contributed by atoms with Gasteiger partial charge in [0, 0.05) is 34.8 Å². The molecule has 4 aromatic rings. The zero-order valence-corrected chi connectivity index (χ0v) is 19.5. The molecule has 0 radical (unpaired) electrons. The van der Waals surface area contributed by atoms with Crippen LogP contribution in [0.1, 0.15) is 23.0 Å². The van der Waals surface area contributed by atoms with Gasteiger partial charge in [-0.3, -0.25) is 5.21 Å². The molecule has 2 aromatic carbocycles. The number of ether oxygens (including phenoxy) is 2. The molecular weight excluding hydrogens is 472 g/mol. The van der Waals surface area contributed by atoms with Gasteiger partial charge in [-0.25, -0.2) is 23.7 Å². The normalized spacial score (nSPS) is 16.0. The number of hydrogen-bond acceptors (Lipinski definition) is 7. The van der Waals surface area contributed by atoms with E-state index in [9.17, 15) is 13.2 Å². The first-order valence-electron chi connectivity index (χ1n) is 10.8. The lowest BCUT2D eigenvalue weighted by Crippen LogP contribution is -2.43. The second-order valence-electron chi connectivity index (χ2n) is 8.07. The Morgan fingerprint density at radius 2 is 2.00 bits per heavy atom. The lowest BCUT2D eigenvalue weighted by molar-refractivity contribution is 0.00235. The van der Waals surface area contributed by atoms with E-state index < -0.39 is 22.3 Å². The van der Waals surface area contributed by atoms with Crippen molar-refractivity contribution < 1.29 is 27.9 Å². The van der Waals surface area contributed by atoms with Gasteiger partial charge < -0.3 is 14.5 Å². The van der Waals surface area contributed by atoms with Gasteiger partial charge in [0.15, 0.2) is 6.23 Å². The minimum atomic E-state index is -4.10. The number of rotatable bonds is 5. The lowest BCUT2D eigenvalue weighted by atomic mass is 10.00. The van der Waals surface area contributed by atoms with Gasteiger partial charge in [-0.1, -0.05) is 24.3 Å². The van der Waals surface area contributed by atoms with Crippen molar-refractivity contribution in [3.8, 4) is 11.6 Å². The molecule has 5 rings (SSSR count). The molecule has 0 saturated carbocycles. The molecule has 1 atom stereocenters. The Bertz CT molecular complexity index is 1500. The smallest absolute Gasteiger partial charge is 0.432 e. The number of aryl methyl sites for hydroxylation is 1. The summed E-state index contributed by atoms with van der Waals surface area (Å²) in [7, 11) is -4.10. The Kier molecular flexibility index (Phi) is 5.89. The summed E-state index contributed by atoms with van der Waals surface area (Å²) in [5.74, 6) is 0.794. The molecular formula is C24H22N4O6S. The van der Waals surface area contributed by atoms with Crippen molar-refractivity contribution in [1.29, 1.82) is 0 Å². The number of nitrogens with zero attached hydrogens (tertiary/aromatic N) is 2. The van der Waals surface area contributed by atoms with Gasteiger partial charge in [0.1, 0.15) is 10.6 Å². The van der Waals surface area contributed by atoms with E-state index in [1.54, 1.807) is 18.2 Å². The van der Waals surface area contributed by atoms with Gasteiger partial charge in [-0.05, 0) is 49.2 Å². The number of carbonyl (C=O) groups excluding carboxylic acids is 1. The van der Waals surface area contributed by atoms with Crippen molar-refractivity contribution in [2.75, 3.05) is 6.54 Å². The van der Waals surface area contributed by atoms with Crippen LogP contribution in [0.4, 0.5) is 4.79 Å². The molecule has 3 heterocycles. The van der Waals surface area contributed by atoms with Crippen molar-refractivity contribution in [3.05, 3.63) is 83.7 Å². The van der Waals surface area contributed by atoms with Crippen molar-refractivity contribution in [2.45, 2.75) is 24.5 Å². The number of aromatic amines is 1. The van der Waals surface area contributed by atoms with Gasteiger partial charge in [-0.15, -0.1) is 0 Å². The highest BCUT2D eigenvalue weighted by Gasteiger charge is 2.39. The summed E-state index contributed by atoms with van der Waals surface area (Å²) in [5, 5.41) is 9.90.